The minimum absolute atomic E-state index is 0.00885. The van der Waals surface area contributed by atoms with Crippen molar-refractivity contribution in [3.05, 3.63) is 29.8 Å². The summed E-state index contributed by atoms with van der Waals surface area (Å²) < 4.78 is 5.12. The molecular formula is C14H18ClNO2. The lowest BCUT2D eigenvalue weighted by atomic mass is 10.1. The predicted octanol–water partition coefficient (Wildman–Crippen LogP) is 2.37. The molecule has 0 radical (unpaired) electrons. The fourth-order valence-electron chi connectivity index (χ4n) is 1.87. The Morgan fingerprint density at radius 3 is 3.00 bits per heavy atom. The van der Waals surface area contributed by atoms with Crippen LogP contribution in [0.2, 0.25) is 0 Å². The van der Waals surface area contributed by atoms with Crippen LogP contribution in [-0.4, -0.2) is 24.9 Å². The van der Waals surface area contributed by atoms with E-state index < -0.39 is 0 Å². The summed E-state index contributed by atoms with van der Waals surface area (Å²) in [5, 5.41) is 2.96. The minimum atomic E-state index is 0.00885. The highest BCUT2D eigenvalue weighted by Gasteiger charge is 2.29. The van der Waals surface area contributed by atoms with Gasteiger partial charge in [0.2, 0.25) is 5.91 Å². The number of carbonyl (C=O) groups excluding carboxylic acids is 1. The number of ether oxygens (including phenoxy) is 1. The Morgan fingerprint density at radius 1 is 1.56 bits per heavy atom. The van der Waals surface area contributed by atoms with Crippen molar-refractivity contribution < 1.29 is 9.53 Å². The molecule has 1 atom stereocenters. The highest BCUT2D eigenvalue weighted by Crippen LogP contribution is 2.35. The molecule has 0 bridgehead atoms. The molecule has 1 amide bonds. The van der Waals surface area contributed by atoms with Gasteiger partial charge in [0.25, 0.3) is 0 Å². The monoisotopic (exact) mass is 267 g/mol. The van der Waals surface area contributed by atoms with Crippen molar-refractivity contribution in [3.8, 4) is 5.75 Å². The molecule has 0 heterocycles. The van der Waals surface area contributed by atoms with Crippen LogP contribution >= 0.6 is 11.6 Å². The summed E-state index contributed by atoms with van der Waals surface area (Å²) in [5.41, 5.74) is 0.949. The second-order valence-electron chi connectivity index (χ2n) is 4.69. The van der Waals surface area contributed by atoms with E-state index in [1.54, 1.807) is 7.11 Å². The molecule has 98 valence electrons. The maximum absolute atomic E-state index is 11.7. The van der Waals surface area contributed by atoms with Gasteiger partial charge in [0.05, 0.1) is 18.9 Å². The number of hydrogen-bond donors (Lipinski definition) is 1. The largest absolute Gasteiger partial charge is 0.497 e. The van der Waals surface area contributed by atoms with E-state index in [4.69, 9.17) is 16.3 Å². The van der Waals surface area contributed by atoms with Crippen LogP contribution in [0, 0.1) is 5.92 Å². The molecule has 0 aromatic heterocycles. The summed E-state index contributed by atoms with van der Waals surface area (Å²) in [5.74, 6) is 1.38. The van der Waals surface area contributed by atoms with Crippen LogP contribution in [0.5, 0.6) is 5.75 Å². The first-order valence-corrected chi connectivity index (χ1v) is 6.66. The van der Waals surface area contributed by atoms with Crippen LogP contribution in [0.25, 0.3) is 0 Å². The lowest BCUT2D eigenvalue weighted by Crippen LogP contribution is -2.31. The molecule has 1 aliphatic rings. The van der Waals surface area contributed by atoms with E-state index in [-0.39, 0.29) is 11.3 Å². The number of alkyl halides is 1. The molecule has 0 spiro atoms. The van der Waals surface area contributed by atoms with Crippen LogP contribution in [0.3, 0.4) is 0 Å². The minimum Gasteiger partial charge on any atom is -0.497 e. The zero-order chi connectivity index (χ0) is 13.0. The van der Waals surface area contributed by atoms with Crippen molar-refractivity contribution in [2.75, 3.05) is 13.7 Å². The molecule has 3 nitrogen and oxygen atoms in total. The molecule has 1 N–H and O–H groups in total. The van der Waals surface area contributed by atoms with E-state index in [2.05, 4.69) is 5.32 Å². The zero-order valence-corrected chi connectivity index (χ0v) is 11.2. The number of rotatable bonds is 6. The third kappa shape index (κ3) is 3.91. The third-order valence-electron chi connectivity index (χ3n) is 3.13. The molecule has 2 rings (SSSR count). The number of methoxy groups -OCH3 is 1. The van der Waals surface area contributed by atoms with Crippen molar-refractivity contribution in [1.82, 2.24) is 5.32 Å². The van der Waals surface area contributed by atoms with Gasteiger partial charge in [-0.2, -0.15) is 0 Å². The standard InChI is InChI=1S/C14H18ClNO2/c1-18-12-4-2-3-10(7-12)8-14(17)16-9-13(15)11-5-6-11/h2-4,7,11,13H,5-6,8-9H2,1H3,(H,16,17). The first-order chi connectivity index (χ1) is 8.69. The van der Waals surface area contributed by atoms with Crippen molar-refractivity contribution in [1.29, 1.82) is 0 Å². The molecule has 1 aliphatic carbocycles. The van der Waals surface area contributed by atoms with Crippen LogP contribution in [0.4, 0.5) is 0 Å². The van der Waals surface area contributed by atoms with Crippen molar-refractivity contribution >= 4 is 17.5 Å². The summed E-state index contributed by atoms with van der Waals surface area (Å²) in [4.78, 5) is 11.7. The topological polar surface area (TPSA) is 38.3 Å². The summed E-state index contributed by atoms with van der Waals surface area (Å²) in [6, 6.07) is 7.54. The van der Waals surface area contributed by atoms with Crippen LogP contribution < -0.4 is 10.1 Å². The summed E-state index contributed by atoms with van der Waals surface area (Å²) >= 11 is 6.14. The van der Waals surface area contributed by atoms with Gasteiger partial charge in [-0.3, -0.25) is 4.79 Å². The van der Waals surface area contributed by atoms with E-state index in [0.717, 1.165) is 11.3 Å². The Bertz CT molecular complexity index is 418. The number of nitrogens with one attached hydrogen (secondary N) is 1. The number of benzene rings is 1. The van der Waals surface area contributed by atoms with Crippen molar-refractivity contribution in [3.63, 3.8) is 0 Å². The van der Waals surface area contributed by atoms with Crippen molar-refractivity contribution in [2.45, 2.75) is 24.6 Å². The van der Waals surface area contributed by atoms with E-state index in [9.17, 15) is 4.79 Å². The van der Waals surface area contributed by atoms with E-state index in [1.807, 2.05) is 24.3 Å². The fraction of sp³-hybridized carbons (Fsp3) is 0.500. The van der Waals surface area contributed by atoms with Gasteiger partial charge in [-0.1, -0.05) is 12.1 Å². The van der Waals surface area contributed by atoms with E-state index in [0.29, 0.717) is 18.9 Å². The molecule has 4 heteroatoms. The summed E-state index contributed by atoms with van der Waals surface area (Å²) in [6.45, 7) is 0.565. The molecule has 1 aromatic carbocycles. The molecular weight excluding hydrogens is 250 g/mol. The van der Waals surface area contributed by atoms with Crippen LogP contribution in [-0.2, 0) is 11.2 Å². The second kappa shape index (κ2) is 6.10. The maximum atomic E-state index is 11.7. The van der Waals surface area contributed by atoms with Gasteiger partial charge in [-0.25, -0.2) is 0 Å². The van der Waals surface area contributed by atoms with Crippen LogP contribution in [0.1, 0.15) is 18.4 Å². The lowest BCUT2D eigenvalue weighted by molar-refractivity contribution is -0.120. The third-order valence-corrected chi connectivity index (χ3v) is 3.64. The number of amides is 1. The Labute approximate surface area is 112 Å². The fourth-order valence-corrected chi connectivity index (χ4v) is 2.20. The molecule has 0 saturated heterocycles. The lowest BCUT2D eigenvalue weighted by Gasteiger charge is -2.10. The average molecular weight is 268 g/mol. The predicted molar refractivity (Wildman–Crippen MR) is 72.1 cm³/mol. The summed E-state index contributed by atoms with van der Waals surface area (Å²) in [7, 11) is 1.62. The van der Waals surface area contributed by atoms with Gasteiger partial charge < -0.3 is 10.1 Å². The Hall–Kier alpha value is -1.22. The molecule has 1 aromatic rings. The second-order valence-corrected chi connectivity index (χ2v) is 5.25. The number of carbonyl (C=O) groups is 1. The van der Waals surface area contributed by atoms with E-state index in [1.165, 1.54) is 12.8 Å². The quantitative estimate of drug-likeness (QED) is 0.804. The van der Waals surface area contributed by atoms with E-state index >= 15 is 0 Å². The molecule has 1 fully saturated rings. The smallest absolute Gasteiger partial charge is 0.224 e. The first-order valence-electron chi connectivity index (χ1n) is 6.22. The van der Waals surface area contributed by atoms with Crippen LogP contribution in [0.15, 0.2) is 24.3 Å². The Morgan fingerprint density at radius 2 is 2.33 bits per heavy atom. The Balaban J connectivity index is 1.78. The Kier molecular flexibility index (Phi) is 4.48. The SMILES string of the molecule is COc1cccc(CC(=O)NCC(Cl)C2CC2)c1. The average Bonchev–Trinajstić information content (AvgIpc) is 3.20. The van der Waals surface area contributed by atoms with Gasteiger partial charge in [-0.15, -0.1) is 11.6 Å². The number of hydrogen-bond acceptors (Lipinski definition) is 2. The molecule has 1 unspecified atom stereocenters. The van der Waals surface area contributed by atoms with Gasteiger partial charge in [0.15, 0.2) is 0 Å². The zero-order valence-electron chi connectivity index (χ0n) is 10.5. The highest BCUT2D eigenvalue weighted by atomic mass is 35.5. The maximum Gasteiger partial charge on any atom is 0.224 e. The van der Waals surface area contributed by atoms with Gasteiger partial charge >= 0.3 is 0 Å². The normalized spacial score (nSPS) is 16.1. The first kappa shape index (κ1) is 13.2. The molecule has 0 aliphatic heterocycles. The highest BCUT2D eigenvalue weighted by molar-refractivity contribution is 6.21. The molecule has 18 heavy (non-hydrogen) atoms. The van der Waals surface area contributed by atoms with Gasteiger partial charge in [0, 0.05) is 6.54 Å². The van der Waals surface area contributed by atoms with Gasteiger partial charge in [-0.05, 0) is 36.5 Å². The van der Waals surface area contributed by atoms with Crippen molar-refractivity contribution in [2.24, 2.45) is 5.92 Å². The van der Waals surface area contributed by atoms with Gasteiger partial charge in [0.1, 0.15) is 5.75 Å². The number of halogens is 1. The molecule has 1 saturated carbocycles. The summed E-state index contributed by atoms with van der Waals surface area (Å²) in [6.07, 6.45) is 2.76.